The van der Waals surface area contributed by atoms with E-state index in [9.17, 15) is 4.39 Å². The highest BCUT2D eigenvalue weighted by Crippen LogP contribution is 2.40. The van der Waals surface area contributed by atoms with Crippen molar-refractivity contribution in [2.75, 3.05) is 0 Å². The number of hydrogen-bond donors (Lipinski definition) is 1. The maximum absolute atomic E-state index is 12.8. The summed E-state index contributed by atoms with van der Waals surface area (Å²) in [5.41, 5.74) is 2.18. The molecule has 1 saturated carbocycles. The lowest BCUT2D eigenvalue weighted by Crippen LogP contribution is -1.76. The predicted molar refractivity (Wildman–Crippen MR) is 50.2 cm³/mol. The lowest BCUT2D eigenvalue weighted by atomic mass is 10.2. The molecule has 1 fully saturated rings. The van der Waals surface area contributed by atoms with E-state index in [2.05, 4.69) is 11.1 Å². The second-order valence-corrected chi connectivity index (χ2v) is 3.73. The minimum Gasteiger partial charge on any atom is -0.358 e. The van der Waals surface area contributed by atoms with Crippen molar-refractivity contribution >= 4 is 10.9 Å². The van der Waals surface area contributed by atoms with Crippen molar-refractivity contribution in [3.8, 4) is 0 Å². The van der Waals surface area contributed by atoms with Crippen LogP contribution in [0.25, 0.3) is 10.9 Å². The van der Waals surface area contributed by atoms with E-state index in [1.807, 2.05) is 6.07 Å². The van der Waals surface area contributed by atoms with Gasteiger partial charge in [0.25, 0.3) is 0 Å². The normalized spacial score (nSPS) is 16.7. The average Bonchev–Trinajstić information content (AvgIpc) is 2.87. The molecule has 1 aromatic heterocycles. The molecule has 2 heteroatoms. The van der Waals surface area contributed by atoms with Gasteiger partial charge in [-0.05, 0) is 48.4 Å². The van der Waals surface area contributed by atoms with Crippen molar-refractivity contribution in [1.29, 1.82) is 0 Å². The van der Waals surface area contributed by atoms with Gasteiger partial charge in [0, 0.05) is 11.2 Å². The van der Waals surface area contributed by atoms with Gasteiger partial charge in [0.1, 0.15) is 5.82 Å². The fraction of sp³-hybridized carbons (Fsp3) is 0.273. The van der Waals surface area contributed by atoms with Crippen LogP contribution in [0.5, 0.6) is 0 Å². The van der Waals surface area contributed by atoms with Crippen LogP contribution in [-0.4, -0.2) is 4.98 Å². The molecule has 1 aliphatic rings. The third kappa shape index (κ3) is 1.13. The largest absolute Gasteiger partial charge is 0.358 e. The molecule has 0 unspecified atom stereocenters. The Morgan fingerprint density at radius 3 is 2.85 bits per heavy atom. The number of aromatic nitrogens is 1. The van der Waals surface area contributed by atoms with E-state index in [1.165, 1.54) is 24.6 Å². The topological polar surface area (TPSA) is 15.8 Å². The Balaban J connectivity index is 2.20. The number of benzene rings is 1. The van der Waals surface area contributed by atoms with Gasteiger partial charge in [0.2, 0.25) is 0 Å². The number of halogens is 1. The smallest absolute Gasteiger partial charge is 0.125 e. The van der Waals surface area contributed by atoms with E-state index in [-0.39, 0.29) is 5.82 Å². The van der Waals surface area contributed by atoms with Crippen LogP contribution < -0.4 is 0 Å². The summed E-state index contributed by atoms with van der Waals surface area (Å²) < 4.78 is 12.8. The molecule has 0 radical (unpaired) electrons. The van der Waals surface area contributed by atoms with Crippen molar-refractivity contribution in [2.24, 2.45) is 0 Å². The van der Waals surface area contributed by atoms with Crippen LogP contribution in [0.4, 0.5) is 4.39 Å². The summed E-state index contributed by atoms with van der Waals surface area (Å²) in [5, 5.41) is 1.11. The molecule has 1 aromatic carbocycles. The third-order valence-corrected chi connectivity index (χ3v) is 2.62. The zero-order valence-electron chi connectivity index (χ0n) is 7.18. The molecule has 3 rings (SSSR count). The van der Waals surface area contributed by atoms with Crippen molar-refractivity contribution in [2.45, 2.75) is 18.8 Å². The lowest BCUT2D eigenvalue weighted by molar-refractivity contribution is 0.629. The van der Waals surface area contributed by atoms with Crippen molar-refractivity contribution in [1.82, 2.24) is 4.98 Å². The summed E-state index contributed by atoms with van der Waals surface area (Å²) in [6.45, 7) is 0. The van der Waals surface area contributed by atoms with E-state index >= 15 is 0 Å². The maximum atomic E-state index is 12.8. The molecule has 0 saturated heterocycles. The summed E-state index contributed by atoms with van der Waals surface area (Å²) in [7, 11) is 0. The number of aromatic amines is 1. The summed E-state index contributed by atoms with van der Waals surface area (Å²) in [6, 6.07) is 7.02. The van der Waals surface area contributed by atoms with Gasteiger partial charge in [-0.1, -0.05) is 0 Å². The Hall–Kier alpha value is -1.31. The van der Waals surface area contributed by atoms with Crippen molar-refractivity contribution < 1.29 is 4.39 Å². The van der Waals surface area contributed by atoms with Gasteiger partial charge in [0.05, 0.1) is 0 Å². The highest BCUT2D eigenvalue weighted by molar-refractivity contribution is 5.80. The molecular formula is C11H10FN. The van der Waals surface area contributed by atoms with Gasteiger partial charge in [-0.25, -0.2) is 4.39 Å². The van der Waals surface area contributed by atoms with Gasteiger partial charge >= 0.3 is 0 Å². The molecule has 13 heavy (non-hydrogen) atoms. The van der Waals surface area contributed by atoms with E-state index in [4.69, 9.17) is 0 Å². The average molecular weight is 175 g/mol. The second kappa shape index (κ2) is 2.34. The van der Waals surface area contributed by atoms with E-state index in [0.717, 1.165) is 10.9 Å². The Kier molecular flexibility index (Phi) is 1.29. The number of hydrogen-bond acceptors (Lipinski definition) is 0. The summed E-state index contributed by atoms with van der Waals surface area (Å²) in [6.07, 6.45) is 2.55. The molecule has 0 spiro atoms. The monoisotopic (exact) mass is 175 g/mol. The van der Waals surface area contributed by atoms with Gasteiger partial charge in [0.15, 0.2) is 0 Å². The van der Waals surface area contributed by atoms with Crippen LogP contribution >= 0.6 is 0 Å². The Morgan fingerprint density at radius 1 is 1.23 bits per heavy atom. The highest BCUT2D eigenvalue weighted by Gasteiger charge is 2.24. The number of rotatable bonds is 1. The molecule has 66 valence electrons. The van der Waals surface area contributed by atoms with E-state index < -0.39 is 0 Å². The van der Waals surface area contributed by atoms with Crippen LogP contribution in [-0.2, 0) is 0 Å². The summed E-state index contributed by atoms with van der Waals surface area (Å²) in [4.78, 5) is 3.26. The SMILES string of the molecule is Fc1ccc2cc(C3CC3)[nH]c2c1. The van der Waals surface area contributed by atoms with E-state index in [1.54, 1.807) is 6.07 Å². The molecule has 0 aliphatic heterocycles. The zero-order valence-corrected chi connectivity index (χ0v) is 7.18. The fourth-order valence-electron chi connectivity index (χ4n) is 1.74. The molecule has 2 aromatic rings. The maximum Gasteiger partial charge on any atom is 0.125 e. The molecule has 1 aliphatic carbocycles. The third-order valence-electron chi connectivity index (χ3n) is 2.62. The predicted octanol–water partition coefficient (Wildman–Crippen LogP) is 3.18. The molecule has 1 nitrogen and oxygen atoms in total. The molecule has 1 N–H and O–H groups in total. The van der Waals surface area contributed by atoms with Gasteiger partial charge in [-0.2, -0.15) is 0 Å². The summed E-state index contributed by atoms with van der Waals surface area (Å²) >= 11 is 0. The lowest BCUT2D eigenvalue weighted by Gasteiger charge is -1.88. The van der Waals surface area contributed by atoms with Crippen LogP contribution in [0.2, 0.25) is 0 Å². The first kappa shape index (κ1) is 7.13. The van der Waals surface area contributed by atoms with Crippen LogP contribution in [0.1, 0.15) is 24.5 Å². The first-order chi connectivity index (χ1) is 6.33. The van der Waals surface area contributed by atoms with Gasteiger partial charge in [-0.3, -0.25) is 0 Å². The molecule has 0 bridgehead atoms. The van der Waals surface area contributed by atoms with Crippen molar-refractivity contribution in [3.05, 3.63) is 35.8 Å². The molecular weight excluding hydrogens is 165 g/mol. The minimum absolute atomic E-state index is 0.170. The fourth-order valence-corrected chi connectivity index (χ4v) is 1.74. The first-order valence-corrected chi connectivity index (χ1v) is 4.61. The molecule has 0 atom stereocenters. The van der Waals surface area contributed by atoms with Crippen LogP contribution in [0.3, 0.4) is 0 Å². The van der Waals surface area contributed by atoms with Gasteiger partial charge < -0.3 is 4.98 Å². The van der Waals surface area contributed by atoms with Gasteiger partial charge in [-0.15, -0.1) is 0 Å². The van der Waals surface area contributed by atoms with E-state index in [0.29, 0.717) is 5.92 Å². The highest BCUT2D eigenvalue weighted by atomic mass is 19.1. The zero-order chi connectivity index (χ0) is 8.84. The molecule has 1 heterocycles. The van der Waals surface area contributed by atoms with Crippen LogP contribution in [0.15, 0.2) is 24.3 Å². The number of fused-ring (bicyclic) bond motifs is 1. The number of nitrogens with one attached hydrogen (secondary N) is 1. The Labute approximate surface area is 75.6 Å². The minimum atomic E-state index is -0.170. The van der Waals surface area contributed by atoms with Crippen molar-refractivity contribution in [3.63, 3.8) is 0 Å². The second-order valence-electron chi connectivity index (χ2n) is 3.73. The standard InChI is InChI=1S/C11H10FN/c12-9-4-3-8-5-10(7-1-2-7)13-11(8)6-9/h3-7,13H,1-2H2. The van der Waals surface area contributed by atoms with Crippen LogP contribution in [0, 0.1) is 5.82 Å². The summed E-state index contributed by atoms with van der Waals surface area (Å²) in [5.74, 6) is 0.534. The Morgan fingerprint density at radius 2 is 2.08 bits per heavy atom. The number of H-pyrrole nitrogens is 1. The quantitative estimate of drug-likeness (QED) is 0.685. The molecule has 0 amide bonds. The Bertz CT molecular complexity index is 454. The first-order valence-electron chi connectivity index (χ1n) is 4.61.